The quantitative estimate of drug-likeness (QED) is 0.688. The minimum atomic E-state index is -0.139. The van der Waals surface area contributed by atoms with E-state index in [4.69, 9.17) is 5.26 Å². The molecule has 0 aliphatic rings. The van der Waals surface area contributed by atoms with Crippen LogP contribution < -0.4 is 0 Å². The van der Waals surface area contributed by atoms with Gasteiger partial charge < -0.3 is 9.47 Å². The third-order valence-electron chi connectivity index (χ3n) is 4.99. The van der Waals surface area contributed by atoms with Gasteiger partial charge in [-0.05, 0) is 43.2 Å². The first-order valence-corrected chi connectivity index (χ1v) is 9.14. The van der Waals surface area contributed by atoms with E-state index in [1.54, 1.807) is 38.5 Å². The van der Waals surface area contributed by atoms with Gasteiger partial charge >= 0.3 is 0 Å². The van der Waals surface area contributed by atoms with E-state index < -0.39 is 0 Å². The Morgan fingerprint density at radius 3 is 2.24 bits per heavy atom. The number of nitriles is 2. The molecule has 3 rings (SSSR count). The second kappa shape index (κ2) is 8.00. The molecule has 6 heteroatoms. The van der Waals surface area contributed by atoms with Gasteiger partial charge in [-0.3, -0.25) is 9.78 Å². The van der Waals surface area contributed by atoms with Crippen molar-refractivity contribution < 1.29 is 4.79 Å². The van der Waals surface area contributed by atoms with E-state index >= 15 is 0 Å². The number of hydrogen-bond donors (Lipinski definition) is 0. The number of carbonyl (C=O) groups is 1. The molecule has 0 aliphatic carbocycles. The maximum absolute atomic E-state index is 12.0. The van der Waals surface area contributed by atoms with Gasteiger partial charge in [-0.1, -0.05) is 18.2 Å². The Labute approximate surface area is 170 Å². The predicted molar refractivity (Wildman–Crippen MR) is 110 cm³/mol. The largest absolute Gasteiger partial charge is 0.343 e. The van der Waals surface area contributed by atoms with Crippen LogP contribution in [0.4, 0.5) is 0 Å². The van der Waals surface area contributed by atoms with Crippen LogP contribution in [-0.4, -0.2) is 34.5 Å². The Morgan fingerprint density at radius 1 is 1.03 bits per heavy atom. The first-order chi connectivity index (χ1) is 13.9. The zero-order valence-electron chi connectivity index (χ0n) is 16.9. The molecule has 3 aromatic rings. The van der Waals surface area contributed by atoms with E-state index in [1.165, 1.54) is 4.90 Å². The molecule has 1 amide bonds. The SMILES string of the molecule is Cc1c(C#N)c(-c2ccc(C#N)cc2)c(C)n1Cc1ccc(C(=O)N(C)C)nc1. The molecule has 0 saturated heterocycles. The molecule has 0 spiro atoms. The van der Waals surface area contributed by atoms with Gasteiger partial charge in [-0.25, -0.2) is 0 Å². The van der Waals surface area contributed by atoms with Crippen LogP contribution in [0.15, 0.2) is 42.6 Å². The highest BCUT2D eigenvalue weighted by molar-refractivity contribution is 5.91. The van der Waals surface area contributed by atoms with E-state index in [9.17, 15) is 10.1 Å². The topological polar surface area (TPSA) is 85.7 Å². The number of amides is 1. The molecular formula is C23H21N5O. The van der Waals surface area contributed by atoms with Crippen molar-refractivity contribution in [2.24, 2.45) is 0 Å². The summed E-state index contributed by atoms with van der Waals surface area (Å²) in [7, 11) is 3.39. The van der Waals surface area contributed by atoms with Crippen LogP contribution in [-0.2, 0) is 6.54 Å². The predicted octanol–water partition coefficient (Wildman–Crippen LogP) is 3.66. The summed E-state index contributed by atoms with van der Waals surface area (Å²) >= 11 is 0. The number of carbonyl (C=O) groups excluding carboxylic acids is 1. The zero-order valence-corrected chi connectivity index (χ0v) is 16.9. The number of rotatable bonds is 4. The zero-order chi connectivity index (χ0) is 21.1. The molecule has 0 saturated carbocycles. The highest BCUT2D eigenvalue weighted by atomic mass is 16.2. The van der Waals surface area contributed by atoms with Crippen molar-refractivity contribution in [2.45, 2.75) is 20.4 Å². The molecule has 0 fully saturated rings. The van der Waals surface area contributed by atoms with E-state index in [0.29, 0.717) is 23.4 Å². The van der Waals surface area contributed by atoms with E-state index in [1.807, 2.05) is 32.0 Å². The fourth-order valence-electron chi connectivity index (χ4n) is 3.38. The molecule has 1 aromatic carbocycles. The van der Waals surface area contributed by atoms with E-state index in [0.717, 1.165) is 28.1 Å². The summed E-state index contributed by atoms with van der Waals surface area (Å²) in [5, 5.41) is 18.8. The second-order valence-electron chi connectivity index (χ2n) is 7.06. The standard InChI is InChI=1S/C23H21N5O/c1-15-20(12-25)22(19-8-5-17(11-24)6-9-19)16(2)28(15)14-18-7-10-21(26-13-18)23(29)27(3)4/h5-10,13H,14H2,1-4H3. The van der Waals surface area contributed by atoms with Gasteiger partial charge in [0.1, 0.15) is 11.8 Å². The van der Waals surface area contributed by atoms with Crippen molar-refractivity contribution in [1.82, 2.24) is 14.5 Å². The number of pyridine rings is 1. The molecule has 0 N–H and O–H groups in total. The number of benzene rings is 1. The van der Waals surface area contributed by atoms with Gasteiger partial charge in [-0.2, -0.15) is 10.5 Å². The summed E-state index contributed by atoms with van der Waals surface area (Å²) in [5.41, 5.74) is 6.17. The second-order valence-corrected chi connectivity index (χ2v) is 7.06. The molecular weight excluding hydrogens is 362 g/mol. The molecule has 29 heavy (non-hydrogen) atoms. The summed E-state index contributed by atoms with van der Waals surface area (Å²) < 4.78 is 2.08. The van der Waals surface area contributed by atoms with Crippen LogP contribution in [0.3, 0.4) is 0 Å². The molecule has 0 unspecified atom stereocenters. The van der Waals surface area contributed by atoms with Crippen LogP contribution in [0, 0.1) is 36.5 Å². The van der Waals surface area contributed by atoms with Crippen LogP contribution in [0.2, 0.25) is 0 Å². The average Bonchev–Trinajstić information content (AvgIpc) is 2.97. The summed E-state index contributed by atoms with van der Waals surface area (Å²) in [6.45, 7) is 4.46. The van der Waals surface area contributed by atoms with Gasteiger partial charge in [0.25, 0.3) is 5.91 Å². The monoisotopic (exact) mass is 383 g/mol. The third-order valence-corrected chi connectivity index (χ3v) is 4.99. The van der Waals surface area contributed by atoms with Crippen LogP contribution >= 0.6 is 0 Å². The number of nitrogens with zero attached hydrogens (tertiary/aromatic N) is 5. The van der Waals surface area contributed by atoms with E-state index in [2.05, 4.69) is 21.7 Å². The molecule has 0 bridgehead atoms. The van der Waals surface area contributed by atoms with Crippen LogP contribution in [0.25, 0.3) is 11.1 Å². The minimum Gasteiger partial charge on any atom is -0.343 e. The molecule has 0 aliphatic heterocycles. The normalized spacial score (nSPS) is 10.3. The van der Waals surface area contributed by atoms with Gasteiger partial charge in [0.2, 0.25) is 0 Å². The fraction of sp³-hybridized carbons (Fsp3) is 0.217. The maximum Gasteiger partial charge on any atom is 0.271 e. The van der Waals surface area contributed by atoms with Crippen LogP contribution in [0.1, 0.15) is 38.6 Å². The van der Waals surface area contributed by atoms with Gasteiger partial charge in [-0.15, -0.1) is 0 Å². The number of hydrogen-bond acceptors (Lipinski definition) is 4. The lowest BCUT2D eigenvalue weighted by Gasteiger charge is -2.12. The third kappa shape index (κ3) is 3.74. The summed E-state index contributed by atoms with van der Waals surface area (Å²) in [4.78, 5) is 17.8. The Balaban J connectivity index is 1.99. The lowest BCUT2D eigenvalue weighted by atomic mass is 10.0. The van der Waals surface area contributed by atoms with Crippen molar-refractivity contribution in [3.05, 3.63) is 76.4 Å². The van der Waals surface area contributed by atoms with Crippen molar-refractivity contribution >= 4 is 5.91 Å². The summed E-state index contributed by atoms with van der Waals surface area (Å²) in [6.07, 6.45) is 1.70. The van der Waals surface area contributed by atoms with Gasteiger partial charge in [0.15, 0.2) is 0 Å². The molecule has 0 radical (unpaired) electrons. The maximum atomic E-state index is 12.0. The van der Waals surface area contributed by atoms with Crippen molar-refractivity contribution in [2.75, 3.05) is 14.1 Å². The molecule has 0 atom stereocenters. The molecule has 2 aromatic heterocycles. The van der Waals surface area contributed by atoms with Gasteiger partial charge in [0, 0.05) is 43.8 Å². The van der Waals surface area contributed by atoms with Gasteiger partial charge in [0.05, 0.1) is 17.2 Å². The lowest BCUT2D eigenvalue weighted by Crippen LogP contribution is -2.22. The first-order valence-electron chi connectivity index (χ1n) is 9.14. The lowest BCUT2D eigenvalue weighted by molar-refractivity contribution is 0.0822. The molecule has 6 nitrogen and oxygen atoms in total. The fourth-order valence-corrected chi connectivity index (χ4v) is 3.38. The average molecular weight is 383 g/mol. The first kappa shape index (κ1) is 19.9. The van der Waals surface area contributed by atoms with Crippen LogP contribution in [0.5, 0.6) is 0 Å². The summed E-state index contributed by atoms with van der Waals surface area (Å²) in [5.74, 6) is -0.139. The van der Waals surface area contributed by atoms with Crippen molar-refractivity contribution in [1.29, 1.82) is 10.5 Å². The molecule has 144 valence electrons. The molecule has 2 heterocycles. The van der Waals surface area contributed by atoms with Crippen molar-refractivity contribution in [3.8, 4) is 23.3 Å². The summed E-state index contributed by atoms with van der Waals surface area (Å²) in [6, 6.07) is 15.3. The van der Waals surface area contributed by atoms with Crippen molar-refractivity contribution in [3.63, 3.8) is 0 Å². The highest BCUT2D eigenvalue weighted by Crippen LogP contribution is 2.32. The Kier molecular flexibility index (Phi) is 5.47. The Bertz CT molecular complexity index is 1140. The minimum absolute atomic E-state index is 0.139. The Morgan fingerprint density at radius 2 is 1.72 bits per heavy atom. The number of aromatic nitrogens is 2. The Hall–Kier alpha value is -3.90. The van der Waals surface area contributed by atoms with E-state index in [-0.39, 0.29) is 5.91 Å². The highest BCUT2D eigenvalue weighted by Gasteiger charge is 2.19. The smallest absolute Gasteiger partial charge is 0.271 e.